The molecule has 1 radical (unpaired) electrons. The summed E-state index contributed by atoms with van der Waals surface area (Å²) >= 11 is -0.863. The normalized spacial score (nSPS) is 3.25. The fourth-order valence-electron chi connectivity index (χ4n) is 0. The second-order valence-corrected chi connectivity index (χ2v) is 1.71. The first-order valence-electron chi connectivity index (χ1n) is 0.402. The van der Waals surface area contributed by atoms with Gasteiger partial charge >= 0.3 is 28.7 Å². The van der Waals surface area contributed by atoms with E-state index in [4.69, 9.17) is 3.40 Å². The van der Waals surface area contributed by atoms with Crippen molar-refractivity contribution >= 4 is 7.33 Å². The molecule has 1 unspecified atom stereocenters. The van der Waals surface area contributed by atoms with E-state index in [2.05, 4.69) is 7.33 Å². The van der Waals surface area contributed by atoms with Crippen molar-refractivity contribution in [2.45, 2.75) is 0 Å². The van der Waals surface area contributed by atoms with Crippen LogP contribution in [0.1, 0.15) is 0 Å². The summed E-state index contributed by atoms with van der Waals surface area (Å²) < 4.78 is 9.02. The summed E-state index contributed by atoms with van der Waals surface area (Å²) in [6.45, 7) is 0. The van der Waals surface area contributed by atoms with E-state index in [-0.39, 0.29) is 18.6 Å². The molecule has 0 aliphatic heterocycles. The van der Waals surface area contributed by atoms with Crippen LogP contribution >= 0.6 is 7.33 Å². The standard InChI is InChI=1S/Mo.O.H2P.V/h;;1H2;/q+1;;-1;. The van der Waals surface area contributed by atoms with Gasteiger partial charge in [-0.3, -0.25) is 0 Å². The largest absolute Gasteiger partial charge is 0 e. The summed E-state index contributed by atoms with van der Waals surface area (Å²) in [6.07, 6.45) is 0. The number of hydrogen-bond donors (Lipinski definition) is 0. The minimum absolute atomic E-state index is 0. The van der Waals surface area contributed by atoms with Crippen LogP contribution in [0.2, 0.25) is 0 Å². The van der Waals surface area contributed by atoms with E-state index >= 15 is 0 Å². The van der Waals surface area contributed by atoms with Crippen LogP contribution in [0.15, 0.2) is 0 Å². The van der Waals surface area contributed by atoms with Crippen molar-refractivity contribution in [1.82, 2.24) is 0 Å². The van der Waals surface area contributed by atoms with Crippen LogP contribution in [0.5, 0.6) is 0 Å². The van der Waals surface area contributed by atoms with Crippen LogP contribution in [0.4, 0.5) is 0 Å². The second kappa shape index (κ2) is 8.82. The fourth-order valence-corrected chi connectivity index (χ4v) is 0. The summed E-state index contributed by atoms with van der Waals surface area (Å²) in [5, 5.41) is 0. The van der Waals surface area contributed by atoms with Crippen molar-refractivity contribution in [3.63, 3.8) is 0 Å². The molecule has 0 aromatic heterocycles. The van der Waals surface area contributed by atoms with Crippen LogP contribution in [-0.2, 0) is 40.0 Å². The van der Waals surface area contributed by atoms with Gasteiger partial charge in [-0.05, 0) is 0 Å². The van der Waals surface area contributed by atoms with Crippen molar-refractivity contribution in [3.05, 3.63) is 0 Å². The Bertz CT molecular complexity index is 15.5. The monoisotopic (exact) mass is 198 g/mol. The maximum Gasteiger partial charge on any atom is 0 e. The zero-order chi connectivity index (χ0) is 2.71. The summed E-state index contributed by atoms with van der Waals surface area (Å²) in [4.78, 5) is 0. The predicted molar refractivity (Wildman–Crippen MR) is 10.4 cm³/mol. The first-order valence-corrected chi connectivity index (χ1v) is 5.17. The van der Waals surface area contributed by atoms with E-state index < -0.39 is 18.0 Å². The van der Waals surface area contributed by atoms with Crippen molar-refractivity contribution in [3.8, 4) is 0 Å². The number of rotatable bonds is 0. The third-order valence-electron chi connectivity index (χ3n) is 0. The molecule has 0 saturated carbocycles. The molecule has 1 nitrogen and oxygen atoms in total. The average Bonchev–Trinajstić information content (AvgIpc) is 0.918. The average molecular weight is 196 g/mol. The zero-order valence-electron chi connectivity index (χ0n) is 1.84. The molecular formula is H2MoOPV. The molecule has 4 heavy (non-hydrogen) atoms. The molecule has 0 bridgehead atoms. The van der Waals surface area contributed by atoms with Gasteiger partial charge in [0.2, 0.25) is 0 Å². The van der Waals surface area contributed by atoms with E-state index in [1.54, 1.807) is 0 Å². The molecule has 0 fully saturated rings. The maximum atomic E-state index is 9.02. The predicted octanol–water partition coefficient (Wildman–Crippen LogP) is 0.202. The van der Waals surface area contributed by atoms with Gasteiger partial charge in [0.1, 0.15) is 0 Å². The van der Waals surface area contributed by atoms with Gasteiger partial charge in [-0.15, -0.1) is 0 Å². The topological polar surface area (TPSA) is 17.1 Å². The Morgan fingerprint density at radius 3 is 1.75 bits per heavy atom. The molecule has 0 spiro atoms. The van der Waals surface area contributed by atoms with E-state index in [1.165, 1.54) is 0 Å². The van der Waals surface area contributed by atoms with Gasteiger partial charge in [-0.2, -0.15) is 0 Å². The zero-order valence-corrected chi connectivity index (χ0v) is 6.40. The minimum atomic E-state index is -0.863. The Morgan fingerprint density at radius 2 is 1.75 bits per heavy atom. The number of hydrogen-bond acceptors (Lipinski definition) is 1. The van der Waals surface area contributed by atoms with Gasteiger partial charge in [0.05, 0.1) is 0 Å². The SMILES string of the molecule is [O]=[Mo][PH2].[V]. The summed E-state index contributed by atoms with van der Waals surface area (Å²) in [7, 11) is 2.15. The van der Waals surface area contributed by atoms with Crippen molar-refractivity contribution in [2.24, 2.45) is 0 Å². The second-order valence-electron chi connectivity index (χ2n) is 0.0962. The molecule has 0 aliphatic rings. The molecule has 24 valence electrons. The van der Waals surface area contributed by atoms with Gasteiger partial charge in [-0.1, -0.05) is 0 Å². The molecule has 4 heteroatoms. The summed E-state index contributed by atoms with van der Waals surface area (Å²) in [6, 6.07) is 0. The molecule has 1 atom stereocenters. The van der Waals surface area contributed by atoms with Gasteiger partial charge in [-0.25, -0.2) is 0 Å². The Kier molecular flexibility index (Phi) is 20.1. The van der Waals surface area contributed by atoms with Gasteiger partial charge in [0.25, 0.3) is 0 Å². The summed E-state index contributed by atoms with van der Waals surface area (Å²) in [5.74, 6) is 0. The maximum absolute atomic E-state index is 9.02. The first-order chi connectivity index (χ1) is 1.41. The molecule has 0 N–H and O–H groups in total. The van der Waals surface area contributed by atoms with E-state index in [0.29, 0.717) is 0 Å². The molecule has 0 heterocycles. The Balaban J connectivity index is 0. The van der Waals surface area contributed by atoms with E-state index in [9.17, 15) is 0 Å². The van der Waals surface area contributed by atoms with Gasteiger partial charge in [0, 0.05) is 18.6 Å². The minimum Gasteiger partial charge on any atom is 0 e. The van der Waals surface area contributed by atoms with Crippen LogP contribution in [0.25, 0.3) is 0 Å². The molecule has 0 rings (SSSR count). The third kappa shape index (κ3) is 9.72. The molecule has 0 saturated heterocycles. The first kappa shape index (κ1) is 9.09. The molecule has 0 aliphatic carbocycles. The van der Waals surface area contributed by atoms with E-state index in [0.717, 1.165) is 0 Å². The molecule has 0 amide bonds. The van der Waals surface area contributed by atoms with E-state index in [1.807, 2.05) is 0 Å². The van der Waals surface area contributed by atoms with Crippen LogP contribution < -0.4 is 0 Å². The Hall–Kier alpha value is 1.50. The van der Waals surface area contributed by atoms with Crippen molar-refractivity contribution in [2.75, 3.05) is 0 Å². The van der Waals surface area contributed by atoms with Gasteiger partial charge < -0.3 is 0 Å². The Morgan fingerprint density at radius 1 is 1.75 bits per heavy atom. The Labute approximate surface area is 47.3 Å². The smallest absolute Gasteiger partial charge is 0 e. The molecule has 0 aromatic carbocycles. The quantitative estimate of drug-likeness (QED) is 0.399. The summed E-state index contributed by atoms with van der Waals surface area (Å²) in [5.41, 5.74) is 0. The molecule has 0 aromatic rings. The molecular weight excluding hydrogens is 194 g/mol. The van der Waals surface area contributed by atoms with Crippen LogP contribution in [0.3, 0.4) is 0 Å². The van der Waals surface area contributed by atoms with Crippen molar-refractivity contribution in [1.29, 1.82) is 0 Å². The third-order valence-corrected chi connectivity index (χ3v) is 0. The van der Waals surface area contributed by atoms with Crippen LogP contribution in [-0.4, -0.2) is 0 Å². The fraction of sp³-hybridized carbons (Fsp3) is 0. The van der Waals surface area contributed by atoms with Gasteiger partial charge in [0.15, 0.2) is 0 Å². The van der Waals surface area contributed by atoms with Crippen LogP contribution in [0, 0.1) is 0 Å². The van der Waals surface area contributed by atoms with Crippen molar-refractivity contribution < 1.29 is 40.0 Å².